The number of ether oxygens (including phenoxy) is 4. The molecule has 2 saturated heterocycles. The van der Waals surface area contributed by atoms with Gasteiger partial charge in [-0.1, -0.05) is 0 Å². The van der Waals surface area contributed by atoms with Crippen LogP contribution in [0.1, 0.15) is 34.1 Å². The zero-order chi connectivity index (χ0) is 38.9. The fourth-order valence-corrected chi connectivity index (χ4v) is 4.37. The van der Waals surface area contributed by atoms with E-state index in [0.717, 1.165) is 27.7 Å². The van der Waals surface area contributed by atoms with Crippen molar-refractivity contribution in [2.75, 3.05) is 13.2 Å². The van der Waals surface area contributed by atoms with Crippen LogP contribution < -0.4 is 22.9 Å². The highest BCUT2D eigenvalue weighted by Crippen LogP contribution is 2.31. The Morgan fingerprint density at radius 2 is 0.980 bits per heavy atom. The van der Waals surface area contributed by atoms with Crippen molar-refractivity contribution >= 4 is 23.9 Å². The van der Waals surface area contributed by atoms with Crippen molar-refractivity contribution in [3.8, 4) is 0 Å². The van der Waals surface area contributed by atoms with Gasteiger partial charge in [-0.2, -0.15) is 0 Å². The molecule has 2 heterocycles. The number of hydrogen-bond acceptors (Lipinski definition) is 19. The lowest BCUT2D eigenvalue weighted by atomic mass is 9.84. The third kappa shape index (κ3) is 17.7. The smallest absolute Gasteiger partial charge is 0.300 e. The normalized spacial score (nSPS) is 38.2. The molecule has 15 atom stereocenters. The fraction of sp³-hybridized carbons (Fsp3) is 0.846. The predicted octanol–water partition coefficient (Wildman–Crippen LogP) is -6.93. The third-order valence-corrected chi connectivity index (χ3v) is 6.48. The van der Waals surface area contributed by atoms with Gasteiger partial charge in [-0.05, 0) is 6.42 Å². The molecule has 1 saturated carbocycles. The summed E-state index contributed by atoms with van der Waals surface area (Å²) in [7, 11) is 0. The van der Waals surface area contributed by atoms with Crippen molar-refractivity contribution in [1.29, 1.82) is 0 Å². The highest BCUT2D eigenvalue weighted by Gasteiger charge is 2.52. The molecule has 1 aliphatic carbocycles. The molecule has 0 aromatic rings. The summed E-state index contributed by atoms with van der Waals surface area (Å²) in [5.74, 6) is -3.33. The molecule has 3 aliphatic rings. The van der Waals surface area contributed by atoms with Gasteiger partial charge in [0.2, 0.25) is 0 Å². The molecule has 0 bridgehead atoms. The number of aliphatic hydroxyl groups excluding tert-OH is 7. The molecule has 290 valence electrons. The zero-order valence-corrected chi connectivity index (χ0v) is 27.3. The maximum Gasteiger partial charge on any atom is 0.300 e. The molecule has 0 aromatic heterocycles. The van der Waals surface area contributed by atoms with Gasteiger partial charge in [-0.25, -0.2) is 0 Å². The van der Waals surface area contributed by atoms with Crippen LogP contribution in [0.2, 0.25) is 0 Å². The molecule has 23 nitrogen and oxygen atoms in total. The minimum atomic E-state index is -1.74. The van der Waals surface area contributed by atoms with Crippen LogP contribution in [-0.4, -0.2) is 185 Å². The molecule has 2 aliphatic heterocycles. The molecule has 3 rings (SSSR count). The Bertz CT molecular complexity index is 930. The van der Waals surface area contributed by atoms with Crippen LogP contribution in [0.3, 0.4) is 0 Å². The van der Waals surface area contributed by atoms with Gasteiger partial charge < -0.3 is 98.1 Å². The Balaban J connectivity index is 0. The second-order valence-electron chi connectivity index (χ2n) is 10.9. The summed E-state index contributed by atoms with van der Waals surface area (Å²) in [5.41, 5.74) is 23.7. The van der Waals surface area contributed by atoms with E-state index >= 15 is 0 Å². The van der Waals surface area contributed by atoms with E-state index in [0.29, 0.717) is 0 Å². The first kappa shape index (κ1) is 48.4. The lowest BCUT2D eigenvalue weighted by Crippen LogP contribution is -2.69. The Morgan fingerprint density at radius 1 is 0.592 bits per heavy atom. The van der Waals surface area contributed by atoms with E-state index < -0.39 is 122 Å². The van der Waals surface area contributed by atoms with Crippen molar-refractivity contribution in [3.63, 3.8) is 0 Å². The lowest BCUT2D eigenvalue weighted by Gasteiger charge is -2.48. The van der Waals surface area contributed by atoms with Crippen molar-refractivity contribution in [2.45, 2.75) is 126 Å². The first-order chi connectivity index (χ1) is 22.4. The highest BCUT2D eigenvalue weighted by molar-refractivity contribution is 5.63. The van der Waals surface area contributed by atoms with E-state index in [4.69, 9.17) is 81.5 Å². The fourth-order valence-electron chi connectivity index (χ4n) is 4.37. The Morgan fingerprint density at radius 3 is 1.39 bits per heavy atom. The number of rotatable bonds is 6. The minimum absolute atomic E-state index is 0.105. The van der Waals surface area contributed by atoms with Crippen molar-refractivity contribution in [2.24, 2.45) is 22.9 Å². The van der Waals surface area contributed by atoms with Crippen molar-refractivity contribution in [1.82, 2.24) is 0 Å². The van der Waals surface area contributed by atoms with Gasteiger partial charge in [0.15, 0.2) is 12.6 Å². The summed E-state index contributed by atoms with van der Waals surface area (Å²) < 4.78 is 22.5. The van der Waals surface area contributed by atoms with Crippen LogP contribution in [0, 0.1) is 0 Å². The second kappa shape index (κ2) is 23.6. The molecule has 0 amide bonds. The SMILES string of the molecule is CC(=O)O.CC(=O)O.CC(=O)O.CC(=O)O.NC[C@H]1O[C@H](O[C@H]2[C@H](O[C@H]3O[C@@H](CO)[C@H](O)[C@@H](O)[C@@H]3O)[C@@H](O)[C@H](N)C[C@@H]2N)[C@H](N)[C@@H](O)[C@@H]1O. The molecule has 0 radical (unpaired) electrons. The van der Waals surface area contributed by atoms with E-state index in [1.54, 1.807) is 0 Å². The molecule has 3 fully saturated rings. The average Bonchev–Trinajstić information content (AvgIpc) is 2.96. The summed E-state index contributed by atoms with van der Waals surface area (Å²) >= 11 is 0. The van der Waals surface area contributed by atoms with Gasteiger partial charge in [-0.15, -0.1) is 0 Å². The standard InChI is InChI=1S/C18H36N4O11.4C2H4O2/c19-2-6-10(25)12(27)8(22)17(30-6)32-15-5(21)1-4(20)9(24)16(15)33-18-14(29)13(28)11(26)7(3-23)31-18;4*1-2(3)4/h4-18,23-29H,1-3,19-22H2;4*1H3,(H,3,4)/t4-,5+,6-,7+,8-,9+,10-,11+,12-,13-,14+,15-,16-,17-,18-;;;;/m1..../s1. The van der Waals surface area contributed by atoms with E-state index in [1.165, 1.54) is 0 Å². The van der Waals surface area contributed by atoms with Gasteiger partial charge in [0.1, 0.15) is 54.9 Å². The largest absolute Gasteiger partial charge is 0.481 e. The first-order valence-electron chi connectivity index (χ1n) is 14.5. The number of aliphatic hydroxyl groups is 7. The molecule has 49 heavy (non-hydrogen) atoms. The van der Waals surface area contributed by atoms with Crippen LogP contribution in [0.4, 0.5) is 0 Å². The van der Waals surface area contributed by atoms with Gasteiger partial charge in [0, 0.05) is 46.3 Å². The van der Waals surface area contributed by atoms with Crippen LogP contribution >= 0.6 is 0 Å². The van der Waals surface area contributed by atoms with E-state index in [9.17, 15) is 35.7 Å². The molecule has 0 spiro atoms. The number of nitrogens with two attached hydrogens (primary N) is 4. The van der Waals surface area contributed by atoms with E-state index in [1.807, 2.05) is 0 Å². The second-order valence-corrected chi connectivity index (χ2v) is 10.9. The maximum atomic E-state index is 10.7. The van der Waals surface area contributed by atoms with Crippen LogP contribution in [0.5, 0.6) is 0 Å². The quantitative estimate of drug-likeness (QED) is 0.121. The van der Waals surface area contributed by atoms with Gasteiger partial charge >= 0.3 is 0 Å². The molecule has 19 N–H and O–H groups in total. The molecule has 0 aromatic carbocycles. The lowest BCUT2D eigenvalue weighted by molar-refractivity contribution is -0.342. The summed E-state index contributed by atoms with van der Waals surface area (Å²) in [6, 6.07) is -2.87. The number of carboxylic acid groups (broad SMARTS) is 4. The van der Waals surface area contributed by atoms with E-state index in [2.05, 4.69) is 0 Å². The van der Waals surface area contributed by atoms with E-state index in [-0.39, 0.29) is 13.0 Å². The molecule has 0 unspecified atom stereocenters. The minimum Gasteiger partial charge on any atom is -0.481 e. The first-order valence-corrected chi connectivity index (χ1v) is 14.5. The molecular weight excluding hydrogens is 672 g/mol. The third-order valence-electron chi connectivity index (χ3n) is 6.48. The highest BCUT2D eigenvalue weighted by atomic mass is 16.7. The van der Waals surface area contributed by atoms with Crippen LogP contribution in [0.15, 0.2) is 0 Å². The van der Waals surface area contributed by atoms with Crippen LogP contribution in [0.25, 0.3) is 0 Å². The molecular formula is C26H52N4O19. The Labute approximate surface area is 280 Å². The summed E-state index contributed by atoms with van der Waals surface area (Å²) in [6.45, 7) is 3.52. The van der Waals surface area contributed by atoms with Gasteiger partial charge in [0.05, 0.1) is 18.8 Å². The van der Waals surface area contributed by atoms with Crippen LogP contribution in [-0.2, 0) is 38.1 Å². The number of hydrogen-bond donors (Lipinski definition) is 15. The zero-order valence-electron chi connectivity index (χ0n) is 27.3. The Hall–Kier alpha value is -2.72. The number of carboxylic acids is 4. The Kier molecular flexibility index (Phi) is 23.3. The molecule has 23 heteroatoms. The maximum absolute atomic E-state index is 10.7. The van der Waals surface area contributed by atoms with Gasteiger partial charge in [-0.3, -0.25) is 19.2 Å². The van der Waals surface area contributed by atoms with Gasteiger partial charge in [0.25, 0.3) is 23.9 Å². The monoisotopic (exact) mass is 724 g/mol. The number of carbonyl (C=O) groups is 4. The summed E-state index contributed by atoms with van der Waals surface area (Å²) in [6.07, 6.45) is -16.7. The van der Waals surface area contributed by atoms with Crippen molar-refractivity contribution < 1.29 is 94.3 Å². The predicted molar refractivity (Wildman–Crippen MR) is 161 cm³/mol. The number of aliphatic carboxylic acids is 4. The average molecular weight is 725 g/mol. The topological polar surface area (TPSA) is 432 Å². The van der Waals surface area contributed by atoms with Crippen molar-refractivity contribution in [3.05, 3.63) is 0 Å². The summed E-state index contributed by atoms with van der Waals surface area (Å²) in [5, 5.41) is 100. The summed E-state index contributed by atoms with van der Waals surface area (Å²) in [4.78, 5) is 36.0.